The molecule has 0 atom stereocenters. The summed E-state index contributed by atoms with van der Waals surface area (Å²) in [5.41, 5.74) is 1.49. The maximum absolute atomic E-state index is 13.9. The van der Waals surface area contributed by atoms with E-state index in [-0.39, 0.29) is 18.3 Å². The van der Waals surface area contributed by atoms with E-state index in [9.17, 15) is 13.6 Å². The fourth-order valence-electron chi connectivity index (χ4n) is 1.95. The van der Waals surface area contributed by atoms with Crippen LogP contribution >= 0.6 is 0 Å². The minimum absolute atomic E-state index is 0.177. The molecule has 1 N–H and O–H groups in total. The zero-order valence-electron chi connectivity index (χ0n) is 12.6. The molecule has 0 aliphatic rings. The number of carbonyl (C=O) groups excluding carboxylic acids is 1. The van der Waals surface area contributed by atoms with E-state index in [1.54, 1.807) is 19.1 Å². The normalized spacial score (nSPS) is 10.2. The molecule has 1 aromatic carbocycles. The number of benzene rings is 1. The van der Waals surface area contributed by atoms with Crippen LogP contribution in [-0.2, 0) is 11.3 Å². The van der Waals surface area contributed by atoms with Crippen molar-refractivity contribution in [2.75, 3.05) is 6.61 Å². The third-order valence-electron chi connectivity index (χ3n) is 3.06. The van der Waals surface area contributed by atoms with Crippen molar-refractivity contribution in [3.8, 4) is 17.0 Å². The molecule has 0 fully saturated rings. The molecule has 0 saturated carbocycles. The van der Waals surface area contributed by atoms with Crippen molar-refractivity contribution in [1.82, 2.24) is 10.3 Å². The Morgan fingerprint density at radius 3 is 2.57 bits per heavy atom. The second-order valence-electron chi connectivity index (χ2n) is 4.68. The van der Waals surface area contributed by atoms with Gasteiger partial charge in [0.25, 0.3) is 0 Å². The molecule has 2 aromatic rings. The molecule has 6 heteroatoms. The van der Waals surface area contributed by atoms with Crippen molar-refractivity contribution in [3.63, 3.8) is 0 Å². The Labute approximate surface area is 132 Å². The van der Waals surface area contributed by atoms with Crippen molar-refractivity contribution >= 4 is 5.91 Å². The number of nitrogens with one attached hydrogen (secondary N) is 1. The lowest BCUT2D eigenvalue weighted by Gasteiger charge is -2.09. The lowest BCUT2D eigenvalue weighted by Crippen LogP contribution is -2.19. The average Bonchev–Trinajstić information content (AvgIpc) is 2.56. The summed E-state index contributed by atoms with van der Waals surface area (Å²) in [5, 5.41) is 2.61. The fraction of sp³-hybridized carbons (Fsp3) is 0.176. The van der Waals surface area contributed by atoms with Gasteiger partial charge in [-0.1, -0.05) is 12.6 Å². The summed E-state index contributed by atoms with van der Waals surface area (Å²) in [5.74, 6) is -2.22. The molecule has 0 unspecified atom stereocenters. The van der Waals surface area contributed by atoms with Crippen LogP contribution in [0.4, 0.5) is 8.78 Å². The summed E-state index contributed by atoms with van der Waals surface area (Å²) in [6.07, 6.45) is 2.71. The molecule has 0 aliphatic heterocycles. The number of rotatable bonds is 6. The van der Waals surface area contributed by atoms with Gasteiger partial charge in [-0.3, -0.25) is 9.78 Å². The summed E-state index contributed by atoms with van der Waals surface area (Å²) in [6, 6.07) is 5.70. The number of halogens is 2. The Hall–Kier alpha value is -2.76. The molecular formula is C17H16F2N2O2. The van der Waals surface area contributed by atoms with E-state index in [0.717, 1.165) is 5.56 Å². The number of amides is 1. The molecule has 1 heterocycles. The largest absolute Gasteiger partial charge is 0.488 e. The quantitative estimate of drug-likeness (QED) is 0.832. The van der Waals surface area contributed by atoms with Gasteiger partial charge in [-0.05, 0) is 36.8 Å². The average molecular weight is 318 g/mol. The molecule has 1 amide bonds. The van der Waals surface area contributed by atoms with Gasteiger partial charge in [0, 0.05) is 18.3 Å². The molecule has 0 saturated heterocycles. The smallest absolute Gasteiger partial charge is 0.243 e. The standard InChI is InChI=1S/C17H16F2N2O2/c1-3-16(22)21-10-11-5-6-15(20-9-11)12-7-13(18)17(23-4-2)14(19)8-12/h3,5-9H,1,4,10H2,2H3,(H,21,22). The second-order valence-corrected chi connectivity index (χ2v) is 4.68. The fourth-order valence-corrected chi connectivity index (χ4v) is 1.95. The van der Waals surface area contributed by atoms with Gasteiger partial charge < -0.3 is 10.1 Å². The van der Waals surface area contributed by atoms with Crippen molar-refractivity contribution in [3.05, 3.63) is 60.3 Å². The number of carbonyl (C=O) groups is 1. The van der Waals surface area contributed by atoms with Crippen molar-refractivity contribution in [2.45, 2.75) is 13.5 Å². The SMILES string of the molecule is C=CC(=O)NCc1ccc(-c2cc(F)c(OCC)c(F)c2)nc1. The highest BCUT2D eigenvalue weighted by Gasteiger charge is 2.13. The second kappa shape index (κ2) is 7.49. The summed E-state index contributed by atoms with van der Waals surface area (Å²) < 4.78 is 32.6. The number of pyridine rings is 1. The summed E-state index contributed by atoms with van der Waals surface area (Å²) in [4.78, 5) is 15.2. The van der Waals surface area contributed by atoms with E-state index in [2.05, 4.69) is 16.9 Å². The third-order valence-corrected chi connectivity index (χ3v) is 3.06. The van der Waals surface area contributed by atoms with Gasteiger partial charge in [-0.2, -0.15) is 0 Å². The number of hydrogen-bond acceptors (Lipinski definition) is 3. The molecule has 120 valence electrons. The molecule has 0 bridgehead atoms. The molecule has 23 heavy (non-hydrogen) atoms. The number of hydrogen-bond donors (Lipinski definition) is 1. The zero-order valence-corrected chi connectivity index (χ0v) is 12.6. The van der Waals surface area contributed by atoms with Crippen LogP contribution in [0.3, 0.4) is 0 Å². The van der Waals surface area contributed by atoms with Crippen LogP contribution in [0.25, 0.3) is 11.3 Å². The molecule has 1 aromatic heterocycles. The van der Waals surface area contributed by atoms with E-state index < -0.39 is 11.6 Å². The predicted octanol–water partition coefficient (Wildman–Crippen LogP) is 3.23. The highest BCUT2D eigenvalue weighted by Crippen LogP contribution is 2.28. The Balaban J connectivity index is 2.19. The maximum atomic E-state index is 13.9. The monoisotopic (exact) mass is 318 g/mol. The van der Waals surface area contributed by atoms with Crippen LogP contribution in [0.2, 0.25) is 0 Å². The topological polar surface area (TPSA) is 51.2 Å². The molecule has 0 aliphatic carbocycles. The van der Waals surface area contributed by atoms with Crippen LogP contribution in [0, 0.1) is 11.6 Å². The van der Waals surface area contributed by atoms with Crippen LogP contribution < -0.4 is 10.1 Å². The minimum atomic E-state index is -0.772. The molecule has 0 radical (unpaired) electrons. The first kappa shape index (κ1) is 16.6. The molecule has 2 rings (SSSR count). The summed E-state index contributed by atoms with van der Waals surface area (Å²) >= 11 is 0. The number of ether oxygens (including phenoxy) is 1. The third kappa shape index (κ3) is 4.12. The number of aromatic nitrogens is 1. The van der Waals surface area contributed by atoms with Gasteiger partial charge in [0.15, 0.2) is 17.4 Å². The predicted molar refractivity (Wildman–Crippen MR) is 82.8 cm³/mol. The number of nitrogens with zero attached hydrogens (tertiary/aromatic N) is 1. The molecule has 0 spiro atoms. The van der Waals surface area contributed by atoms with E-state index in [1.807, 2.05) is 0 Å². The maximum Gasteiger partial charge on any atom is 0.243 e. The van der Waals surface area contributed by atoms with Gasteiger partial charge in [-0.25, -0.2) is 8.78 Å². The first-order valence-corrected chi connectivity index (χ1v) is 7.02. The van der Waals surface area contributed by atoms with E-state index in [1.165, 1.54) is 24.4 Å². The minimum Gasteiger partial charge on any atom is -0.488 e. The first-order valence-electron chi connectivity index (χ1n) is 7.02. The van der Waals surface area contributed by atoms with E-state index >= 15 is 0 Å². The Bertz CT molecular complexity index is 692. The van der Waals surface area contributed by atoms with Gasteiger partial charge in [-0.15, -0.1) is 0 Å². The van der Waals surface area contributed by atoms with Gasteiger partial charge in [0.1, 0.15) is 0 Å². The van der Waals surface area contributed by atoms with Crippen molar-refractivity contribution in [2.24, 2.45) is 0 Å². The van der Waals surface area contributed by atoms with Gasteiger partial charge >= 0.3 is 0 Å². The van der Waals surface area contributed by atoms with Gasteiger partial charge in [0.05, 0.1) is 12.3 Å². The van der Waals surface area contributed by atoms with Gasteiger partial charge in [0.2, 0.25) is 5.91 Å². The van der Waals surface area contributed by atoms with Crippen molar-refractivity contribution in [1.29, 1.82) is 0 Å². The van der Waals surface area contributed by atoms with Crippen LogP contribution in [0.1, 0.15) is 12.5 Å². The Morgan fingerprint density at radius 1 is 1.35 bits per heavy atom. The lowest BCUT2D eigenvalue weighted by molar-refractivity contribution is -0.116. The highest BCUT2D eigenvalue weighted by molar-refractivity contribution is 5.86. The van der Waals surface area contributed by atoms with Crippen LogP contribution in [-0.4, -0.2) is 17.5 Å². The molecule has 4 nitrogen and oxygen atoms in total. The van der Waals surface area contributed by atoms with E-state index in [4.69, 9.17) is 4.74 Å². The van der Waals surface area contributed by atoms with Crippen LogP contribution in [0.5, 0.6) is 5.75 Å². The highest BCUT2D eigenvalue weighted by atomic mass is 19.1. The first-order chi connectivity index (χ1) is 11.0. The lowest BCUT2D eigenvalue weighted by atomic mass is 10.1. The van der Waals surface area contributed by atoms with Crippen LogP contribution in [0.15, 0.2) is 43.1 Å². The molecular weight excluding hydrogens is 302 g/mol. The Morgan fingerprint density at radius 2 is 2.04 bits per heavy atom. The Kier molecular flexibility index (Phi) is 5.41. The zero-order chi connectivity index (χ0) is 16.8. The summed E-state index contributed by atoms with van der Waals surface area (Å²) in [6.45, 7) is 5.48. The summed E-state index contributed by atoms with van der Waals surface area (Å²) in [7, 11) is 0. The van der Waals surface area contributed by atoms with E-state index in [0.29, 0.717) is 17.8 Å². The van der Waals surface area contributed by atoms with Crippen molar-refractivity contribution < 1.29 is 18.3 Å².